The maximum atomic E-state index is 13.3. The molecule has 1 heterocycles. The van der Waals surface area contributed by atoms with Gasteiger partial charge in [0.1, 0.15) is 11.2 Å². The SMILES string of the molecule is O=C(O)CN1CC[C@@H](O)[C@](Cc2cccc(F)c2)(C(=O)O)C1. The molecule has 6 nitrogen and oxygen atoms in total. The minimum atomic E-state index is -1.54. The summed E-state index contributed by atoms with van der Waals surface area (Å²) in [5.41, 5.74) is -1.08. The lowest BCUT2D eigenvalue weighted by Crippen LogP contribution is -2.57. The third kappa shape index (κ3) is 3.42. The summed E-state index contributed by atoms with van der Waals surface area (Å²) in [6, 6.07) is 5.56. The second kappa shape index (κ2) is 6.41. The van der Waals surface area contributed by atoms with Crippen LogP contribution in [0.15, 0.2) is 24.3 Å². The second-order valence-electron chi connectivity index (χ2n) is 5.68. The summed E-state index contributed by atoms with van der Waals surface area (Å²) >= 11 is 0. The number of likely N-dealkylation sites (tertiary alicyclic amines) is 1. The van der Waals surface area contributed by atoms with Crippen LogP contribution in [0, 0.1) is 11.2 Å². The summed E-state index contributed by atoms with van der Waals surface area (Å²) in [6.45, 7) is -0.0666. The van der Waals surface area contributed by atoms with E-state index in [0.29, 0.717) is 12.1 Å². The third-order valence-electron chi connectivity index (χ3n) is 4.06. The van der Waals surface area contributed by atoms with Gasteiger partial charge in [-0.3, -0.25) is 14.5 Å². The molecule has 1 fully saturated rings. The number of rotatable bonds is 5. The van der Waals surface area contributed by atoms with Crippen molar-refractivity contribution < 1.29 is 29.3 Å². The van der Waals surface area contributed by atoms with E-state index in [2.05, 4.69) is 0 Å². The molecule has 3 N–H and O–H groups in total. The van der Waals surface area contributed by atoms with Crippen molar-refractivity contribution in [2.45, 2.75) is 18.9 Å². The molecule has 1 aliphatic rings. The average Bonchev–Trinajstić information content (AvgIpc) is 2.41. The number of aliphatic carboxylic acids is 2. The van der Waals surface area contributed by atoms with E-state index in [1.807, 2.05) is 0 Å². The highest BCUT2D eigenvalue weighted by Gasteiger charge is 2.49. The number of hydrogen-bond acceptors (Lipinski definition) is 4. The monoisotopic (exact) mass is 311 g/mol. The molecule has 0 aliphatic carbocycles. The Balaban J connectivity index is 2.28. The topological polar surface area (TPSA) is 98.1 Å². The van der Waals surface area contributed by atoms with Gasteiger partial charge in [-0.1, -0.05) is 12.1 Å². The van der Waals surface area contributed by atoms with Gasteiger partial charge in [-0.25, -0.2) is 4.39 Å². The Morgan fingerprint density at radius 1 is 1.36 bits per heavy atom. The van der Waals surface area contributed by atoms with Gasteiger partial charge in [-0.05, 0) is 30.5 Å². The molecule has 0 aromatic heterocycles. The molecule has 2 atom stereocenters. The summed E-state index contributed by atoms with van der Waals surface area (Å²) in [5, 5.41) is 28.7. The van der Waals surface area contributed by atoms with Gasteiger partial charge < -0.3 is 15.3 Å². The van der Waals surface area contributed by atoms with E-state index < -0.39 is 29.3 Å². The largest absolute Gasteiger partial charge is 0.481 e. The van der Waals surface area contributed by atoms with Crippen LogP contribution in [0.3, 0.4) is 0 Å². The van der Waals surface area contributed by atoms with Gasteiger partial charge in [-0.15, -0.1) is 0 Å². The number of carbonyl (C=O) groups is 2. The minimum absolute atomic E-state index is 0.0582. The van der Waals surface area contributed by atoms with Gasteiger partial charge in [0.05, 0.1) is 12.6 Å². The Morgan fingerprint density at radius 3 is 2.68 bits per heavy atom. The van der Waals surface area contributed by atoms with Gasteiger partial charge in [0, 0.05) is 13.1 Å². The summed E-state index contributed by atoms with van der Waals surface area (Å²) in [4.78, 5) is 24.1. The third-order valence-corrected chi connectivity index (χ3v) is 4.06. The minimum Gasteiger partial charge on any atom is -0.481 e. The lowest BCUT2D eigenvalue weighted by molar-refractivity contribution is -0.165. The standard InChI is InChI=1S/C15H18FNO5/c16-11-3-1-2-10(6-11)7-15(14(21)22)9-17(8-13(19)20)5-4-12(15)18/h1-3,6,12,18H,4-5,7-9H2,(H,19,20)(H,21,22)/t12-,15-/m1/s1. The number of piperidine rings is 1. The maximum Gasteiger partial charge on any atom is 0.317 e. The van der Waals surface area contributed by atoms with E-state index in [4.69, 9.17) is 5.11 Å². The fraction of sp³-hybridized carbons (Fsp3) is 0.467. The van der Waals surface area contributed by atoms with Crippen molar-refractivity contribution in [3.05, 3.63) is 35.6 Å². The lowest BCUT2D eigenvalue weighted by atomic mass is 9.73. The zero-order valence-electron chi connectivity index (χ0n) is 11.9. The first-order chi connectivity index (χ1) is 10.3. The molecule has 22 heavy (non-hydrogen) atoms. The molecule has 2 rings (SSSR count). The fourth-order valence-corrected chi connectivity index (χ4v) is 2.96. The van der Waals surface area contributed by atoms with Crippen molar-refractivity contribution in [3.63, 3.8) is 0 Å². The van der Waals surface area contributed by atoms with Crippen molar-refractivity contribution in [2.24, 2.45) is 5.41 Å². The number of carboxylic acid groups (broad SMARTS) is 2. The molecule has 0 spiro atoms. The Bertz CT molecular complexity index is 579. The highest BCUT2D eigenvalue weighted by atomic mass is 19.1. The molecule has 1 saturated heterocycles. The molecular weight excluding hydrogens is 293 g/mol. The molecule has 0 amide bonds. The maximum absolute atomic E-state index is 13.3. The molecule has 0 saturated carbocycles. The lowest BCUT2D eigenvalue weighted by Gasteiger charge is -2.43. The zero-order chi connectivity index (χ0) is 16.3. The molecule has 0 bridgehead atoms. The number of aliphatic hydroxyl groups excluding tert-OH is 1. The van der Waals surface area contributed by atoms with Gasteiger partial charge >= 0.3 is 11.9 Å². The molecular formula is C15H18FNO5. The van der Waals surface area contributed by atoms with E-state index in [9.17, 15) is 24.2 Å². The van der Waals surface area contributed by atoms with Crippen LogP contribution in [0.1, 0.15) is 12.0 Å². The Morgan fingerprint density at radius 2 is 2.09 bits per heavy atom. The number of benzene rings is 1. The normalized spacial score (nSPS) is 25.8. The van der Waals surface area contributed by atoms with E-state index >= 15 is 0 Å². The highest BCUT2D eigenvalue weighted by Crippen LogP contribution is 2.34. The number of halogens is 1. The van der Waals surface area contributed by atoms with Crippen molar-refractivity contribution in [1.82, 2.24) is 4.90 Å². The zero-order valence-corrected chi connectivity index (χ0v) is 11.9. The van der Waals surface area contributed by atoms with Crippen LogP contribution in [-0.4, -0.2) is 57.9 Å². The predicted octanol–water partition coefficient (Wildman–Crippen LogP) is 0.590. The van der Waals surface area contributed by atoms with Crippen LogP contribution in [-0.2, 0) is 16.0 Å². The summed E-state index contributed by atoms with van der Waals surface area (Å²) < 4.78 is 13.3. The van der Waals surface area contributed by atoms with Gasteiger partial charge in [0.2, 0.25) is 0 Å². The van der Waals surface area contributed by atoms with Crippen molar-refractivity contribution in [1.29, 1.82) is 0 Å². The van der Waals surface area contributed by atoms with E-state index in [1.165, 1.54) is 23.1 Å². The molecule has 0 radical (unpaired) electrons. The summed E-state index contributed by atoms with van der Waals surface area (Å²) in [5.74, 6) is -2.74. The smallest absolute Gasteiger partial charge is 0.317 e. The first-order valence-corrected chi connectivity index (χ1v) is 6.93. The Hall–Kier alpha value is -1.99. The predicted molar refractivity (Wildman–Crippen MR) is 74.9 cm³/mol. The van der Waals surface area contributed by atoms with Crippen LogP contribution < -0.4 is 0 Å². The quantitative estimate of drug-likeness (QED) is 0.736. The Labute approximate surface area is 126 Å². The molecule has 7 heteroatoms. The highest BCUT2D eigenvalue weighted by molar-refractivity contribution is 5.77. The summed E-state index contributed by atoms with van der Waals surface area (Å²) in [7, 11) is 0. The number of nitrogens with zero attached hydrogens (tertiary/aromatic N) is 1. The van der Waals surface area contributed by atoms with Crippen LogP contribution in [0.5, 0.6) is 0 Å². The van der Waals surface area contributed by atoms with Crippen LogP contribution in [0.4, 0.5) is 4.39 Å². The number of carboxylic acids is 2. The molecule has 1 aromatic carbocycles. The van der Waals surface area contributed by atoms with E-state index in [1.54, 1.807) is 6.07 Å². The average molecular weight is 311 g/mol. The van der Waals surface area contributed by atoms with Crippen LogP contribution in [0.2, 0.25) is 0 Å². The van der Waals surface area contributed by atoms with Crippen molar-refractivity contribution in [2.75, 3.05) is 19.6 Å². The van der Waals surface area contributed by atoms with Crippen LogP contribution >= 0.6 is 0 Å². The van der Waals surface area contributed by atoms with Crippen molar-refractivity contribution >= 4 is 11.9 Å². The molecule has 1 aliphatic heterocycles. The van der Waals surface area contributed by atoms with E-state index in [-0.39, 0.29) is 25.9 Å². The Kier molecular flexibility index (Phi) is 4.77. The van der Waals surface area contributed by atoms with Crippen molar-refractivity contribution in [3.8, 4) is 0 Å². The first-order valence-electron chi connectivity index (χ1n) is 6.93. The molecule has 1 aromatic rings. The number of hydrogen-bond donors (Lipinski definition) is 3. The van der Waals surface area contributed by atoms with Gasteiger partial charge in [-0.2, -0.15) is 0 Å². The van der Waals surface area contributed by atoms with Gasteiger partial charge in [0.15, 0.2) is 0 Å². The molecule has 0 unspecified atom stereocenters. The summed E-state index contributed by atoms with van der Waals surface area (Å²) in [6.07, 6.45) is -1.01. The fourth-order valence-electron chi connectivity index (χ4n) is 2.96. The van der Waals surface area contributed by atoms with Crippen LogP contribution in [0.25, 0.3) is 0 Å². The second-order valence-corrected chi connectivity index (χ2v) is 5.68. The first kappa shape index (κ1) is 16.4. The van der Waals surface area contributed by atoms with Gasteiger partial charge in [0.25, 0.3) is 0 Å². The van der Waals surface area contributed by atoms with E-state index in [0.717, 1.165) is 0 Å². The molecule has 120 valence electrons. The number of aliphatic hydroxyl groups is 1.